The Balaban J connectivity index is 1.71. The molecule has 0 aromatic heterocycles. The molecule has 37 heavy (non-hydrogen) atoms. The van der Waals surface area contributed by atoms with Crippen LogP contribution in [-0.2, 0) is 16.2 Å². The highest BCUT2D eigenvalue weighted by Gasteiger charge is 2.36. The van der Waals surface area contributed by atoms with Crippen LogP contribution in [0.1, 0.15) is 22.8 Å². The quantitative estimate of drug-likeness (QED) is 0.220. The Bertz CT molecular complexity index is 1370. The number of hydrogen-bond donors (Lipinski definition) is 3. The van der Waals surface area contributed by atoms with Crippen molar-refractivity contribution in [3.8, 4) is 39.9 Å². The number of rotatable bonds is 9. The van der Waals surface area contributed by atoms with Gasteiger partial charge in [-0.3, -0.25) is 0 Å². The molecule has 11 nitrogen and oxygen atoms in total. The third-order valence-corrected chi connectivity index (χ3v) is 6.58. The number of carbonyl (C=O) groups excluding carboxylic acids is 1. The number of hydrogen-bond acceptors (Lipinski definition) is 11. The Kier molecular flexibility index (Phi) is 6.46. The van der Waals surface area contributed by atoms with E-state index in [1.807, 2.05) is 6.07 Å². The van der Waals surface area contributed by atoms with Crippen LogP contribution in [0.3, 0.4) is 0 Å². The van der Waals surface area contributed by atoms with Crippen molar-refractivity contribution in [2.24, 2.45) is 0 Å². The van der Waals surface area contributed by atoms with Crippen LogP contribution in [0.5, 0.6) is 28.7 Å². The number of fused-ring (bicyclic) bond motifs is 3. The van der Waals surface area contributed by atoms with Gasteiger partial charge in [-0.05, 0) is 42.1 Å². The minimum atomic E-state index is -1.96. The summed E-state index contributed by atoms with van der Waals surface area (Å²) in [6.07, 6.45) is -1.30. The fraction of sp³-hybridized carbons (Fsp3) is 0.346. The van der Waals surface area contributed by atoms with Gasteiger partial charge in [-0.1, -0.05) is 6.07 Å². The summed E-state index contributed by atoms with van der Waals surface area (Å²) in [4.78, 5) is 23.9. The summed E-state index contributed by atoms with van der Waals surface area (Å²) in [5.41, 5.74) is -0.0339. The van der Waals surface area contributed by atoms with Crippen LogP contribution in [0.2, 0.25) is 0 Å². The molecule has 3 N–H and O–H groups in total. The van der Waals surface area contributed by atoms with E-state index >= 15 is 0 Å². The molecule has 3 aromatic rings. The van der Waals surface area contributed by atoms with Crippen LogP contribution < -0.4 is 23.8 Å². The average molecular weight is 514 g/mol. The number of cyclic esters (lactones) is 1. The summed E-state index contributed by atoms with van der Waals surface area (Å²) in [6, 6.07) is 8.74. The smallest absolute Gasteiger partial charge is 0.339 e. The lowest BCUT2D eigenvalue weighted by atomic mass is 9.89. The second-order valence-corrected chi connectivity index (χ2v) is 8.74. The lowest BCUT2D eigenvalue weighted by Gasteiger charge is -2.28. The molecule has 1 unspecified atom stereocenters. The molecule has 0 radical (unpaired) electrons. The average Bonchev–Trinajstić information content (AvgIpc) is 3.53. The van der Waals surface area contributed by atoms with Gasteiger partial charge in [0.25, 0.3) is 0 Å². The van der Waals surface area contributed by atoms with Crippen molar-refractivity contribution in [3.05, 3.63) is 41.5 Å². The van der Waals surface area contributed by atoms with Crippen LogP contribution in [-0.4, -0.2) is 67.2 Å². The van der Waals surface area contributed by atoms with E-state index in [0.29, 0.717) is 50.5 Å². The standard InChI is InChI=1S/C26H26O11/c1-13(28)26(30,10-27)11-36-37-24-16-8-20(32-3)19(31-2)7-15(16)22(23-17(24)9-33-25(23)29)14-4-5-18-21(6-14)35-12-34-18/h4-8,13,27-28,30H,9-12H2,1-3H3/t13-,26?/m1/s1. The molecule has 2 heterocycles. The van der Waals surface area contributed by atoms with Gasteiger partial charge >= 0.3 is 5.97 Å². The fourth-order valence-corrected chi connectivity index (χ4v) is 4.34. The van der Waals surface area contributed by atoms with E-state index in [1.165, 1.54) is 21.1 Å². The van der Waals surface area contributed by atoms with Crippen molar-refractivity contribution in [2.45, 2.75) is 25.2 Å². The molecule has 2 aliphatic heterocycles. The minimum absolute atomic E-state index is 0.0879. The molecule has 0 fully saturated rings. The van der Waals surface area contributed by atoms with E-state index in [4.69, 9.17) is 33.5 Å². The second kappa shape index (κ2) is 9.60. The van der Waals surface area contributed by atoms with Gasteiger partial charge in [-0.2, -0.15) is 4.89 Å². The molecule has 0 amide bonds. The van der Waals surface area contributed by atoms with Crippen molar-refractivity contribution in [2.75, 3.05) is 34.2 Å². The predicted octanol–water partition coefficient (Wildman–Crippen LogP) is 2.34. The summed E-state index contributed by atoms with van der Waals surface area (Å²) in [7, 11) is 2.99. The lowest BCUT2D eigenvalue weighted by Crippen LogP contribution is -2.48. The van der Waals surface area contributed by atoms with E-state index < -0.39 is 30.9 Å². The molecule has 2 atom stereocenters. The highest BCUT2D eigenvalue weighted by Crippen LogP contribution is 2.49. The third kappa shape index (κ3) is 4.15. The normalized spacial score (nSPS) is 16.2. The van der Waals surface area contributed by atoms with E-state index in [-0.39, 0.29) is 24.7 Å². The first-order valence-electron chi connectivity index (χ1n) is 11.4. The number of aliphatic hydroxyl groups is 3. The number of esters is 1. The van der Waals surface area contributed by atoms with E-state index in [2.05, 4.69) is 0 Å². The van der Waals surface area contributed by atoms with Gasteiger partial charge in [0.2, 0.25) is 6.79 Å². The maximum absolute atomic E-state index is 13.0. The van der Waals surface area contributed by atoms with Crippen molar-refractivity contribution >= 4 is 16.7 Å². The Hall–Kier alpha value is -3.77. The number of carbonyl (C=O) groups is 1. The first-order chi connectivity index (χ1) is 17.8. The van der Waals surface area contributed by atoms with Gasteiger partial charge in [0.1, 0.15) is 18.8 Å². The maximum atomic E-state index is 13.0. The molecule has 0 spiro atoms. The summed E-state index contributed by atoms with van der Waals surface area (Å²) >= 11 is 0. The molecule has 0 bridgehead atoms. The van der Waals surface area contributed by atoms with Gasteiger partial charge in [-0.25, -0.2) is 4.79 Å². The molecule has 196 valence electrons. The predicted molar refractivity (Wildman–Crippen MR) is 128 cm³/mol. The van der Waals surface area contributed by atoms with Gasteiger partial charge in [-0.15, -0.1) is 0 Å². The molecule has 3 aromatic carbocycles. The van der Waals surface area contributed by atoms with Crippen molar-refractivity contribution in [1.82, 2.24) is 0 Å². The van der Waals surface area contributed by atoms with Crippen LogP contribution in [0.4, 0.5) is 0 Å². The molecule has 0 saturated carbocycles. The fourth-order valence-electron chi connectivity index (χ4n) is 4.34. The number of benzene rings is 3. The molecule has 5 rings (SSSR count). The Morgan fingerprint density at radius 2 is 1.70 bits per heavy atom. The van der Waals surface area contributed by atoms with Gasteiger partial charge in [0.15, 0.2) is 28.7 Å². The highest BCUT2D eigenvalue weighted by atomic mass is 17.2. The summed E-state index contributed by atoms with van der Waals surface area (Å²) in [6.45, 7) is 0.0132. The Morgan fingerprint density at radius 3 is 2.38 bits per heavy atom. The third-order valence-electron chi connectivity index (χ3n) is 6.58. The maximum Gasteiger partial charge on any atom is 0.339 e. The minimum Gasteiger partial charge on any atom is -0.493 e. The summed E-state index contributed by atoms with van der Waals surface area (Å²) in [5.74, 6) is 1.55. The van der Waals surface area contributed by atoms with E-state index in [1.54, 1.807) is 24.3 Å². The van der Waals surface area contributed by atoms with Gasteiger partial charge < -0.3 is 43.9 Å². The molecular formula is C26H26O11. The first-order valence-corrected chi connectivity index (χ1v) is 11.4. The van der Waals surface area contributed by atoms with Crippen LogP contribution in [0.25, 0.3) is 21.9 Å². The lowest BCUT2D eigenvalue weighted by molar-refractivity contribution is -0.260. The molecular weight excluding hydrogens is 488 g/mol. The highest BCUT2D eigenvalue weighted by molar-refractivity contribution is 6.14. The topological polar surface area (TPSA) is 142 Å². The zero-order chi connectivity index (χ0) is 26.3. The Morgan fingerprint density at radius 1 is 1.00 bits per heavy atom. The zero-order valence-electron chi connectivity index (χ0n) is 20.4. The SMILES string of the molecule is COc1cc2c(OOCC(O)(CO)[C@@H](C)O)c3c(c(-c4ccc5c(c4)OCO5)c2cc1OC)C(=O)OC3. The number of methoxy groups -OCH3 is 2. The molecule has 2 aliphatic rings. The van der Waals surface area contributed by atoms with Gasteiger partial charge in [0, 0.05) is 10.9 Å². The largest absolute Gasteiger partial charge is 0.493 e. The summed E-state index contributed by atoms with van der Waals surface area (Å²) in [5, 5.41) is 30.8. The number of ether oxygens (including phenoxy) is 5. The van der Waals surface area contributed by atoms with Crippen LogP contribution in [0.15, 0.2) is 30.3 Å². The zero-order valence-corrected chi connectivity index (χ0v) is 20.4. The monoisotopic (exact) mass is 514 g/mol. The van der Waals surface area contributed by atoms with E-state index in [9.17, 15) is 20.1 Å². The molecule has 11 heteroatoms. The van der Waals surface area contributed by atoms with Crippen LogP contribution >= 0.6 is 0 Å². The van der Waals surface area contributed by atoms with Crippen molar-refractivity contribution in [3.63, 3.8) is 0 Å². The second-order valence-electron chi connectivity index (χ2n) is 8.74. The van der Waals surface area contributed by atoms with Crippen LogP contribution in [0, 0.1) is 0 Å². The Labute approximate surface area is 211 Å². The number of aliphatic hydroxyl groups excluding tert-OH is 2. The molecule has 0 aliphatic carbocycles. The van der Waals surface area contributed by atoms with Crippen molar-refractivity contribution in [1.29, 1.82) is 0 Å². The first kappa shape index (κ1) is 24.9. The van der Waals surface area contributed by atoms with E-state index in [0.717, 1.165) is 0 Å². The summed E-state index contributed by atoms with van der Waals surface area (Å²) < 4.78 is 27.4. The molecule has 0 saturated heterocycles. The van der Waals surface area contributed by atoms with Crippen molar-refractivity contribution < 1.29 is 53.6 Å². The van der Waals surface area contributed by atoms with Gasteiger partial charge in [0.05, 0.1) is 38.1 Å².